The van der Waals surface area contributed by atoms with Gasteiger partial charge in [-0.05, 0) is 30.2 Å². The molecule has 1 aromatic heterocycles. The van der Waals surface area contributed by atoms with Crippen LogP contribution in [0.4, 0.5) is 5.82 Å². The van der Waals surface area contributed by atoms with Crippen LogP contribution in [0.5, 0.6) is 5.75 Å². The van der Waals surface area contributed by atoms with Crippen LogP contribution in [0.15, 0.2) is 52.6 Å². The Labute approximate surface area is 172 Å². The number of nitrogens with one attached hydrogen (secondary N) is 1. The van der Waals surface area contributed by atoms with Crippen LogP contribution < -0.4 is 21.7 Å². The fourth-order valence-electron chi connectivity index (χ4n) is 2.55. The lowest BCUT2D eigenvalue weighted by molar-refractivity contribution is -0.136. The highest BCUT2D eigenvalue weighted by Gasteiger charge is 2.20. The summed E-state index contributed by atoms with van der Waals surface area (Å²) in [5.74, 6) is -1.16. The third kappa shape index (κ3) is 5.81. The highest BCUT2D eigenvalue weighted by molar-refractivity contribution is 6.01. The van der Waals surface area contributed by atoms with E-state index in [0.717, 1.165) is 16.2 Å². The molecule has 1 heterocycles. The molecule has 0 aliphatic carbocycles. The van der Waals surface area contributed by atoms with Crippen molar-refractivity contribution in [3.05, 3.63) is 75.0 Å². The van der Waals surface area contributed by atoms with Crippen molar-refractivity contribution in [2.24, 2.45) is 0 Å². The molecule has 0 radical (unpaired) electrons. The summed E-state index contributed by atoms with van der Waals surface area (Å²) < 4.78 is 11.3. The molecule has 158 valence electrons. The fraction of sp³-hybridized carbons (Fsp3) is 0.238. The number of nitrogens with zero attached hydrogens (tertiary/aromatic N) is 1. The largest absolute Gasteiger partial charge is 0.490 e. The van der Waals surface area contributed by atoms with Crippen molar-refractivity contribution >= 4 is 23.6 Å². The normalized spacial score (nSPS) is 10.7. The molecule has 9 heteroatoms. The van der Waals surface area contributed by atoms with E-state index in [2.05, 4.69) is 6.58 Å². The van der Waals surface area contributed by atoms with Crippen molar-refractivity contribution < 1.29 is 19.1 Å². The smallest absolute Gasteiger partial charge is 0.331 e. The Morgan fingerprint density at radius 2 is 1.93 bits per heavy atom. The second-order valence-corrected chi connectivity index (χ2v) is 6.20. The second-order valence-electron chi connectivity index (χ2n) is 6.20. The number of nitrogens with two attached hydrogens (primary N) is 1. The molecule has 0 aliphatic rings. The van der Waals surface area contributed by atoms with Crippen LogP contribution >= 0.6 is 0 Å². The standard InChI is InChI=1S/C21H23N3O6/c1-3-11-24-19(22)18(20(27)23-21(24)28)16(25)13-30-17(26)10-7-14-5-8-15(9-6-14)29-12-4-2/h4-10H,2-3,11-13,22H2,1H3,(H,23,27,28)/b10-7+. The number of anilines is 1. The molecule has 0 spiro atoms. The number of benzene rings is 1. The van der Waals surface area contributed by atoms with E-state index >= 15 is 0 Å². The molecular weight excluding hydrogens is 390 g/mol. The first-order chi connectivity index (χ1) is 14.4. The molecule has 30 heavy (non-hydrogen) atoms. The van der Waals surface area contributed by atoms with Crippen molar-refractivity contribution in [2.75, 3.05) is 18.9 Å². The zero-order chi connectivity index (χ0) is 22.1. The van der Waals surface area contributed by atoms with Crippen molar-refractivity contribution in [1.82, 2.24) is 9.55 Å². The topological polar surface area (TPSA) is 133 Å². The zero-order valence-corrected chi connectivity index (χ0v) is 16.6. The molecule has 3 N–H and O–H groups in total. The highest BCUT2D eigenvalue weighted by atomic mass is 16.5. The van der Waals surface area contributed by atoms with Crippen LogP contribution in [0.25, 0.3) is 6.08 Å². The number of carbonyl (C=O) groups is 2. The number of nitrogen functional groups attached to an aromatic ring is 1. The van der Waals surface area contributed by atoms with Gasteiger partial charge in [0.25, 0.3) is 5.56 Å². The van der Waals surface area contributed by atoms with Gasteiger partial charge < -0.3 is 15.2 Å². The lowest BCUT2D eigenvalue weighted by Crippen LogP contribution is -2.37. The van der Waals surface area contributed by atoms with E-state index in [1.165, 1.54) is 6.08 Å². The van der Waals surface area contributed by atoms with Crippen LogP contribution in [-0.4, -0.2) is 34.5 Å². The maximum atomic E-state index is 12.3. The molecule has 0 saturated carbocycles. The summed E-state index contributed by atoms with van der Waals surface area (Å²) in [6, 6.07) is 6.95. The fourth-order valence-corrected chi connectivity index (χ4v) is 2.55. The van der Waals surface area contributed by atoms with Crippen molar-refractivity contribution in [1.29, 1.82) is 0 Å². The number of carbonyl (C=O) groups excluding carboxylic acids is 2. The number of ketones is 1. The average Bonchev–Trinajstić information content (AvgIpc) is 2.72. The third-order valence-electron chi connectivity index (χ3n) is 3.97. The number of rotatable bonds is 10. The summed E-state index contributed by atoms with van der Waals surface area (Å²) in [7, 11) is 0. The van der Waals surface area contributed by atoms with E-state index in [4.69, 9.17) is 15.2 Å². The number of hydrogen-bond donors (Lipinski definition) is 2. The summed E-state index contributed by atoms with van der Waals surface area (Å²) >= 11 is 0. The van der Waals surface area contributed by atoms with E-state index < -0.39 is 35.2 Å². The lowest BCUT2D eigenvalue weighted by atomic mass is 10.2. The maximum Gasteiger partial charge on any atom is 0.331 e. The van der Waals surface area contributed by atoms with E-state index in [1.807, 2.05) is 11.9 Å². The van der Waals surface area contributed by atoms with Gasteiger partial charge in [-0.2, -0.15) is 0 Å². The Morgan fingerprint density at radius 3 is 2.57 bits per heavy atom. The van der Waals surface area contributed by atoms with Crippen LogP contribution in [0.1, 0.15) is 29.3 Å². The average molecular weight is 413 g/mol. The maximum absolute atomic E-state index is 12.3. The van der Waals surface area contributed by atoms with E-state index in [1.54, 1.807) is 30.3 Å². The molecular formula is C21H23N3O6. The Hall–Kier alpha value is -3.88. The quantitative estimate of drug-likeness (QED) is 0.261. The first kappa shape index (κ1) is 22.4. The van der Waals surface area contributed by atoms with Gasteiger partial charge >= 0.3 is 11.7 Å². The van der Waals surface area contributed by atoms with Crippen LogP contribution in [0.2, 0.25) is 0 Å². The van der Waals surface area contributed by atoms with Crippen LogP contribution in [0.3, 0.4) is 0 Å². The number of esters is 1. The van der Waals surface area contributed by atoms with Gasteiger partial charge in [-0.1, -0.05) is 31.7 Å². The van der Waals surface area contributed by atoms with Gasteiger partial charge in [-0.15, -0.1) is 0 Å². The van der Waals surface area contributed by atoms with Crippen molar-refractivity contribution in [2.45, 2.75) is 19.9 Å². The Morgan fingerprint density at radius 1 is 1.23 bits per heavy atom. The predicted octanol–water partition coefficient (Wildman–Crippen LogP) is 1.53. The van der Waals surface area contributed by atoms with Crippen molar-refractivity contribution in [3.63, 3.8) is 0 Å². The minimum atomic E-state index is -0.916. The van der Waals surface area contributed by atoms with Crippen molar-refractivity contribution in [3.8, 4) is 5.75 Å². The number of hydrogen-bond acceptors (Lipinski definition) is 7. The van der Waals surface area contributed by atoms with Gasteiger partial charge in [-0.3, -0.25) is 19.1 Å². The van der Waals surface area contributed by atoms with Crippen LogP contribution in [0, 0.1) is 0 Å². The number of H-pyrrole nitrogens is 1. The summed E-state index contributed by atoms with van der Waals surface area (Å²) in [6.07, 6.45) is 4.86. The highest BCUT2D eigenvalue weighted by Crippen LogP contribution is 2.13. The molecule has 0 unspecified atom stereocenters. The summed E-state index contributed by atoms with van der Waals surface area (Å²) in [4.78, 5) is 50.0. The minimum Gasteiger partial charge on any atom is -0.490 e. The first-order valence-electron chi connectivity index (χ1n) is 9.21. The SMILES string of the molecule is C=CCOc1ccc(/C=C/C(=O)OCC(=O)c2c(N)n(CCC)c(=O)[nH]c2=O)cc1. The number of aromatic nitrogens is 2. The molecule has 0 amide bonds. The number of ether oxygens (including phenoxy) is 2. The number of aromatic amines is 1. The first-order valence-corrected chi connectivity index (χ1v) is 9.21. The van der Waals surface area contributed by atoms with E-state index in [0.29, 0.717) is 18.8 Å². The second kappa shape index (κ2) is 10.6. The molecule has 0 atom stereocenters. The Kier molecular flexibility index (Phi) is 7.92. The molecule has 1 aromatic carbocycles. The molecule has 0 bridgehead atoms. The Bertz CT molecular complexity index is 1060. The lowest BCUT2D eigenvalue weighted by Gasteiger charge is -2.10. The van der Waals surface area contributed by atoms with Gasteiger partial charge in [0.2, 0.25) is 5.78 Å². The molecule has 0 fully saturated rings. The molecule has 0 aliphatic heterocycles. The third-order valence-corrected chi connectivity index (χ3v) is 3.97. The molecule has 2 rings (SSSR count). The van der Waals surface area contributed by atoms with Gasteiger partial charge in [0.15, 0.2) is 6.61 Å². The van der Waals surface area contributed by atoms with Gasteiger partial charge in [-0.25, -0.2) is 9.59 Å². The zero-order valence-electron chi connectivity index (χ0n) is 16.6. The monoisotopic (exact) mass is 413 g/mol. The Balaban J connectivity index is 2.01. The summed E-state index contributed by atoms with van der Waals surface area (Å²) in [6.45, 7) is 5.32. The molecule has 9 nitrogen and oxygen atoms in total. The predicted molar refractivity (Wildman–Crippen MR) is 112 cm³/mol. The minimum absolute atomic E-state index is 0.238. The van der Waals surface area contributed by atoms with E-state index in [-0.39, 0.29) is 12.4 Å². The van der Waals surface area contributed by atoms with Gasteiger partial charge in [0.1, 0.15) is 23.7 Å². The van der Waals surface area contributed by atoms with Gasteiger partial charge in [0.05, 0.1) is 0 Å². The number of Topliss-reactive ketones (excluding diaryl/α,β-unsaturated/α-hetero) is 1. The summed E-state index contributed by atoms with van der Waals surface area (Å²) in [5.41, 5.74) is 4.51. The molecule has 2 aromatic rings. The summed E-state index contributed by atoms with van der Waals surface area (Å²) in [5, 5.41) is 0. The van der Waals surface area contributed by atoms with E-state index in [9.17, 15) is 19.2 Å². The molecule has 0 saturated heterocycles. The van der Waals surface area contributed by atoms with Crippen LogP contribution in [-0.2, 0) is 16.1 Å². The van der Waals surface area contributed by atoms with Gasteiger partial charge in [0, 0.05) is 12.6 Å².